The fourth-order valence-electron chi connectivity index (χ4n) is 4.16. The van der Waals surface area contributed by atoms with Crippen molar-refractivity contribution in [1.29, 1.82) is 0 Å². The second-order valence-corrected chi connectivity index (χ2v) is 7.79. The zero-order chi connectivity index (χ0) is 22.2. The molecule has 0 aliphatic heterocycles. The standard InChI is InChI=1S/C28H18N2O3/c31-28(32-17-18-8-2-1-3-9-18)33-19-14-15-24-25(16-19)30-27-23-13-7-5-11-21(23)20-10-4-6-12-22(20)26(27)29-24/h1-16H,17H2. The van der Waals surface area contributed by atoms with Crippen LogP contribution in [0.3, 0.4) is 0 Å². The van der Waals surface area contributed by atoms with Crippen molar-refractivity contribution in [3.63, 3.8) is 0 Å². The molecule has 33 heavy (non-hydrogen) atoms. The van der Waals surface area contributed by atoms with Crippen LogP contribution in [0.1, 0.15) is 5.56 Å². The van der Waals surface area contributed by atoms with Crippen molar-refractivity contribution in [2.45, 2.75) is 6.61 Å². The maximum atomic E-state index is 12.2. The quantitative estimate of drug-likeness (QED) is 0.134. The molecular weight excluding hydrogens is 412 g/mol. The van der Waals surface area contributed by atoms with Gasteiger partial charge in [0.25, 0.3) is 0 Å². The predicted octanol–water partition coefficient (Wildman–Crippen LogP) is 6.81. The summed E-state index contributed by atoms with van der Waals surface area (Å²) in [6, 6.07) is 31.1. The molecule has 1 aromatic heterocycles. The van der Waals surface area contributed by atoms with E-state index in [1.54, 1.807) is 12.1 Å². The summed E-state index contributed by atoms with van der Waals surface area (Å²) in [7, 11) is 0. The fraction of sp³-hybridized carbons (Fsp3) is 0.0357. The molecule has 6 aromatic rings. The Balaban J connectivity index is 1.40. The van der Waals surface area contributed by atoms with Gasteiger partial charge in [0.15, 0.2) is 0 Å². The second kappa shape index (κ2) is 7.88. The minimum absolute atomic E-state index is 0.150. The molecule has 5 aromatic carbocycles. The lowest BCUT2D eigenvalue weighted by Gasteiger charge is -2.11. The van der Waals surface area contributed by atoms with Crippen LogP contribution in [0.15, 0.2) is 97.1 Å². The minimum atomic E-state index is -0.761. The van der Waals surface area contributed by atoms with Gasteiger partial charge in [-0.2, -0.15) is 0 Å². The lowest BCUT2D eigenvalue weighted by molar-refractivity contribution is 0.0928. The Bertz CT molecular complexity index is 1660. The highest BCUT2D eigenvalue weighted by atomic mass is 16.7. The van der Waals surface area contributed by atoms with Crippen LogP contribution in [0.25, 0.3) is 43.6 Å². The van der Waals surface area contributed by atoms with Gasteiger partial charge in [0, 0.05) is 16.8 Å². The number of aromatic nitrogens is 2. The van der Waals surface area contributed by atoms with Crippen LogP contribution in [-0.4, -0.2) is 16.1 Å². The van der Waals surface area contributed by atoms with Gasteiger partial charge in [0.1, 0.15) is 12.4 Å². The lowest BCUT2D eigenvalue weighted by Crippen LogP contribution is -2.10. The first-order valence-corrected chi connectivity index (χ1v) is 10.7. The molecule has 0 aliphatic carbocycles. The number of hydrogen-bond acceptors (Lipinski definition) is 5. The van der Waals surface area contributed by atoms with E-state index in [9.17, 15) is 4.79 Å². The second-order valence-electron chi connectivity index (χ2n) is 7.79. The van der Waals surface area contributed by atoms with Gasteiger partial charge < -0.3 is 9.47 Å². The van der Waals surface area contributed by atoms with Gasteiger partial charge in [-0.1, -0.05) is 78.9 Å². The molecule has 6 rings (SSSR count). The van der Waals surface area contributed by atoms with E-state index in [1.807, 2.05) is 60.7 Å². The molecule has 0 aliphatic rings. The smallest absolute Gasteiger partial charge is 0.429 e. The average Bonchev–Trinajstić information content (AvgIpc) is 2.87. The zero-order valence-corrected chi connectivity index (χ0v) is 17.6. The molecule has 0 spiro atoms. The molecule has 0 N–H and O–H groups in total. The van der Waals surface area contributed by atoms with E-state index in [4.69, 9.17) is 19.4 Å². The van der Waals surface area contributed by atoms with Crippen molar-refractivity contribution in [3.8, 4) is 5.75 Å². The van der Waals surface area contributed by atoms with E-state index in [0.29, 0.717) is 11.3 Å². The summed E-state index contributed by atoms with van der Waals surface area (Å²) in [6.45, 7) is 0.150. The molecule has 1 heterocycles. The van der Waals surface area contributed by atoms with E-state index < -0.39 is 6.16 Å². The number of benzene rings is 5. The van der Waals surface area contributed by atoms with Crippen LogP contribution < -0.4 is 4.74 Å². The topological polar surface area (TPSA) is 61.3 Å². The summed E-state index contributed by atoms with van der Waals surface area (Å²) in [5.74, 6) is 0.360. The maximum absolute atomic E-state index is 12.2. The Morgan fingerprint density at radius 1 is 0.636 bits per heavy atom. The number of rotatable bonds is 3. The van der Waals surface area contributed by atoms with Crippen LogP contribution in [0, 0.1) is 0 Å². The Labute approximate surface area is 189 Å². The Hall–Kier alpha value is -4.51. The molecule has 158 valence electrons. The van der Waals surface area contributed by atoms with Gasteiger partial charge in [-0.25, -0.2) is 14.8 Å². The normalized spacial score (nSPS) is 11.3. The van der Waals surface area contributed by atoms with Crippen LogP contribution >= 0.6 is 0 Å². The average molecular weight is 430 g/mol. The van der Waals surface area contributed by atoms with E-state index >= 15 is 0 Å². The van der Waals surface area contributed by atoms with Crippen molar-refractivity contribution in [2.24, 2.45) is 0 Å². The molecule has 5 heteroatoms. The van der Waals surface area contributed by atoms with Crippen molar-refractivity contribution in [3.05, 3.63) is 103 Å². The molecule has 0 atom stereocenters. The van der Waals surface area contributed by atoms with Gasteiger partial charge in [-0.05, 0) is 28.5 Å². The third-order valence-electron chi connectivity index (χ3n) is 5.69. The molecule has 0 radical (unpaired) electrons. The number of carbonyl (C=O) groups is 1. The fourth-order valence-corrected chi connectivity index (χ4v) is 4.16. The third kappa shape index (κ3) is 3.49. The number of nitrogens with zero attached hydrogens (tertiary/aromatic N) is 2. The van der Waals surface area contributed by atoms with E-state index in [0.717, 1.165) is 43.7 Å². The first kappa shape index (κ1) is 19.2. The minimum Gasteiger partial charge on any atom is -0.429 e. The molecule has 5 nitrogen and oxygen atoms in total. The van der Waals surface area contributed by atoms with Crippen LogP contribution in [0.4, 0.5) is 4.79 Å². The molecule has 0 saturated carbocycles. The predicted molar refractivity (Wildman–Crippen MR) is 129 cm³/mol. The van der Waals surface area contributed by atoms with Crippen molar-refractivity contribution in [2.75, 3.05) is 0 Å². The SMILES string of the molecule is O=C(OCc1ccccc1)Oc1ccc2nc3c4ccccc4c4ccccc4c3nc2c1. The molecule has 0 unspecified atom stereocenters. The Kier molecular flexibility index (Phi) is 4.58. The summed E-state index contributed by atoms with van der Waals surface area (Å²) in [5, 5.41) is 4.38. The molecule has 0 amide bonds. The van der Waals surface area contributed by atoms with E-state index in [1.165, 1.54) is 0 Å². The third-order valence-corrected chi connectivity index (χ3v) is 5.69. The summed E-state index contributed by atoms with van der Waals surface area (Å²) in [6.07, 6.45) is -0.761. The first-order valence-electron chi connectivity index (χ1n) is 10.7. The van der Waals surface area contributed by atoms with Gasteiger partial charge in [-0.15, -0.1) is 0 Å². The lowest BCUT2D eigenvalue weighted by atomic mass is 9.99. The number of hydrogen-bond donors (Lipinski definition) is 0. The first-order chi connectivity index (χ1) is 16.3. The van der Waals surface area contributed by atoms with Crippen molar-refractivity contribution in [1.82, 2.24) is 9.97 Å². The highest BCUT2D eigenvalue weighted by molar-refractivity contribution is 6.23. The van der Waals surface area contributed by atoms with Crippen LogP contribution in [0.5, 0.6) is 5.75 Å². The summed E-state index contributed by atoms with van der Waals surface area (Å²) in [5.41, 5.74) is 3.95. The van der Waals surface area contributed by atoms with Crippen molar-refractivity contribution < 1.29 is 14.3 Å². The van der Waals surface area contributed by atoms with Crippen LogP contribution in [0.2, 0.25) is 0 Å². The maximum Gasteiger partial charge on any atom is 0.514 e. The largest absolute Gasteiger partial charge is 0.514 e. The van der Waals surface area contributed by atoms with Gasteiger partial charge >= 0.3 is 6.16 Å². The monoisotopic (exact) mass is 430 g/mol. The molecule has 0 fully saturated rings. The summed E-state index contributed by atoms with van der Waals surface area (Å²) < 4.78 is 10.6. The number of fused-ring (bicyclic) bond motifs is 7. The number of ether oxygens (including phenoxy) is 2. The molecule has 0 bridgehead atoms. The van der Waals surface area contributed by atoms with Gasteiger partial charge in [0.05, 0.1) is 22.1 Å². The number of carbonyl (C=O) groups excluding carboxylic acids is 1. The summed E-state index contributed by atoms with van der Waals surface area (Å²) >= 11 is 0. The highest BCUT2D eigenvalue weighted by Crippen LogP contribution is 2.34. The highest BCUT2D eigenvalue weighted by Gasteiger charge is 2.13. The van der Waals surface area contributed by atoms with E-state index in [-0.39, 0.29) is 6.61 Å². The molecule has 0 saturated heterocycles. The zero-order valence-electron chi connectivity index (χ0n) is 17.6. The Morgan fingerprint density at radius 3 is 1.88 bits per heavy atom. The van der Waals surface area contributed by atoms with Gasteiger partial charge in [0.2, 0.25) is 0 Å². The van der Waals surface area contributed by atoms with Crippen LogP contribution in [-0.2, 0) is 11.3 Å². The van der Waals surface area contributed by atoms with E-state index in [2.05, 4.69) is 24.3 Å². The summed E-state index contributed by atoms with van der Waals surface area (Å²) in [4.78, 5) is 22.0. The van der Waals surface area contributed by atoms with Gasteiger partial charge in [-0.3, -0.25) is 0 Å². The molecular formula is C28H18N2O3. The Morgan fingerprint density at radius 2 is 1.21 bits per heavy atom. The van der Waals surface area contributed by atoms with Crippen molar-refractivity contribution >= 4 is 49.8 Å².